The van der Waals surface area contributed by atoms with Gasteiger partial charge in [0.2, 0.25) is 11.8 Å². The molecule has 234 valence electrons. The van der Waals surface area contributed by atoms with Crippen LogP contribution in [0.3, 0.4) is 0 Å². The molecule has 0 bridgehead atoms. The number of benzene rings is 3. The van der Waals surface area contributed by atoms with Crippen molar-refractivity contribution in [2.75, 3.05) is 7.11 Å². The molecule has 1 heterocycles. The maximum Gasteiger partial charge on any atom is 0.234 e. The lowest BCUT2D eigenvalue weighted by molar-refractivity contribution is -0.145. The smallest absolute Gasteiger partial charge is 0.234 e. The van der Waals surface area contributed by atoms with Gasteiger partial charge < -0.3 is 9.84 Å². The highest BCUT2D eigenvalue weighted by Crippen LogP contribution is 2.64. The Kier molecular flexibility index (Phi) is 6.92. The second-order valence-corrected chi connectivity index (χ2v) is 13.9. The number of rotatable bonds is 4. The summed E-state index contributed by atoms with van der Waals surface area (Å²) >= 11 is 0. The van der Waals surface area contributed by atoms with Crippen molar-refractivity contribution in [2.45, 2.75) is 50.5 Å². The topological polar surface area (TPSA) is 101 Å². The first-order chi connectivity index (χ1) is 22.0. The molecule has 0 unspecified atom stereocenters. The van der Waals surface area contributed by atoms with Crippen LogP contribution in [0.4, 0.5) is 0 Å². The number of phenols is 1. The number of carbonyl (C=O) groups excluding carboxylic acids is 4. The highest BCUT2D eigenvalue weighted by Gasteiger charge is 2.66. The Morgan fingerprint density at radius 1 is 0.870 bits per heavy atom. The Hall–Kier alpha value is -4.78. The van der Waals surface area contributed by atoms with Gasteiger partial charge >= 0.3 is 0 Å². The quantitative estimate of drug-likeness (QED) is 0.285. The number of imide groups is 1. The number of nitrogens with zero attached hydrogens (tertiary/aromatic N) is 1. The number of amides is 2. The monoisotopic (exact) mass is 615 g/mol. The molecule has 3 aromatic carbocycles. The maximum absolute atomic E-state index is 15.1. The first-order valence-corrected chi connectivity index (χ1v) is 15.9. The first-order valence-electron chi connectivity index (χ1n) is 15.9. The molecule has 1 saturated heterocycles. The van der Waals surface area contributed by atoms with E-state index in [1.807, 2.05) is 87.5 Å². The number of allylic oxidation sites excluding steroid dienone is 4. The molecule has 7 nitrogen and oxygen atoms in total. The molecule has 0 radical (unpaired) electrons. The third-order valence-electron chi connectivity index (χ3n) is 10.6. The van der Waals surface area contributed by atoms with Crippen LogP contribution in [0.5, 0.6) is 11.5 Å². The van der Waals surface area contributed by atoms with Crippen molar-refractivity contribution < 1.29 is 29.0 Å². The van der Waals surface area contributed by atoms with Crippen molar-refractivity contribution >= 4 is 29.0 Å². The highest BCUT2D eigenvalue weighted by atomic mass is 16.5. The summed E-state index contributed by atoms with van der Waals surface area (Å²) in [6, 6.07) is 23.5. The van der Waals surface area contributed by atoms with Crippen molar-refractivity contribution in [3.8, 4) is 11.5 Å². The molecule has 3 aromatic rings. The minimum atomic E-state index is -1.36. The van der Waals surface area contributed by atoms with Crippen molar-refractivity contribution in [2.24, 2.45) is 23.7 Å². The van der Waals surface area contributed by atoms with E-state index in [0.29, 0.717) is 34.4 Å². The SMILES string of the molecule is COc1cc(O)ccc1[C@H]1C2=CC[C@@H]3C(=O)N(C(C)(C)C)C(=O)[C@@H]3[C@@H]2C[C@H]2C(=O)C(c3ccccc3)=CC(=O)[C@@]12c1ccccc1. The average molecular weight is 616 g/mol. The van der Waals surface area contributed by atoms with E-state index in [1.165, 1.54) is 24.2 Å². The van der Waals surface area contributed by atoms with Gasteiger partial charge in [0.05, 0.1) is 24.4 Å². The lowest BCUT2D eigenvalue weighted by Crippen LogP contribution is -2.59. The van der Waals surface area contributed by atoms with Crippen LogP contribution in [-0.4, -0.2) is 46.0 Å². The normalized spacial score (nSPS) is 29.0. The molecule has 2 amide bonds. The third kappa shape index (κ3) is 4.17. The Morgan fingerprint density at radius 2 is 1.54 bits per heavy atom. The van der Waals surface area contributed by atoms with Crippen LogP contribution in [0.1, 0.15) is 56.2 Å². The van der Waals surface area contributed by atoms with Gasteiger partial charge in [-0.25, -0.2) is 0 Å². The standard InChI is InChI=1S/C39H37NO6/c1-38(2,3)40-36(44)27-18-17-25-29(33(27)37(40)45)20-30-35(43)28(22-11-7-5-8-12-22)21-32(42)39(30,23-13-9-6-10-14-23)34(25)26-16-15-24(41)19-31(26)46-4/h5-17,19,21,27,29-30,33-34,41H,18,20H2,1-4H3/t27-,29+,30-,33-,34+,39-/m0/s1. The van der Waals surface area contributed by atoms with Gasteiger partial charge in [0.25, 0.3) is 0 Å². The van der Waals surface area contributed by atoms with Gasteiger partial charge in [-0.3, -0.25) is 24.1 Å². The molecule has 7 rings (SSSR count). The lowest BCUT2D eigenvalue weighted by atomic mass is 9.44. The van der Waals surface area contributed by atoms with E-state index in [-0.39, 0.29) is 35.6 Å². The Balaban J connectivity index is 1.52. The summed E-state index contributed by atoms with van der Waals surface area (Å²) in [7, 11) is 1.51. The number of Topliss-reactive ketones (excluding diaryl/α,β-unsaturated/α-hetero) is 1. The van der Waals surface area contributed by atoms with Crippen LogP contribution in [0.15, 0.2) is 96.6 Å². The molecule has 1 aliphatic heterocycles. The van der Waals surface area contributed by atoms with E-state index >= 15 is 4.79 Å². The largest absolute Gasteiger partial charge is 0.508 e. The number of likely N-dealkylation sites (tertiary alicyclic amines) is 1. The number of ketones is 2. The van der Waals surface area contributed by atoms with Crippen LogP contribution in [0.25, 0.3) is 5.57 Å². The maximum atomic E-state index is 15.1. The van der Waals surface area contributed by atoms with Gasteiger partial charge in [0.15, 0.2) is 11.6 Å². The number of hydrogen-bond acceptors (Lipinski definition) is 6. The number of fused-ring (bicyclic) bond motifs is 4. The van der Waals surface area contributed by atoms with Crippen LogP contribution in [-0.2, 0) is 24.6 Å². The summed E-state index contributed by atoms with van der Waals surface area (Å²) in [4.78, 5) is 59.4. The molecule has 1 N–H and O–H groups in total. The van der Waals surface area contributed by atoms with E-state index in [4.69, 9.17) is 4.74 Å². The molecule has 6 atom stereocenters. The van der Waals surface area contributed by atoms with Gasteiger partial charge in [-0.05, 0) is 62.8 Å². The number of methoxy groups -OCH3 is 1. The third-order valence-corrected chi connectivity index (χ3v) is 10.6. The van der Waals surface area contributed by atoms with Gasteiger partial charge in [-0.1, -0.05) is 78.4 Å². The van der Waals surface area contributed by atoms with Gasteiger partial charge in [0.1, 0.15) is 11.5 Å². The molecule has 0 aromatic heterocycles. The molecule has 7 heteroatoms. The minimum absolute atomic E-state index is 0.00523. The summed E-state index contributed by atoms with van der Waals surface area (Å²) in [6.07, 6.45) is 4.13. The Morgan fingerprint density at radius 3 is 2.20 bits per heavy atom. The molecule has 4 aliphatic rings. The van der Waals surface area contributed by atoms with E-state index < -0.39 is 40.5 Å². The van der Waals surface area contributed by atoms with Crippen molar-refractivity contribution in [3.05, 3.63) is 113 Å². The van der Waals surface area contributed by atoms with E-state index in [2.05, 4.69) is 0 Å². The highest BCUT2D eigenvalue weighted by molar-refractivity contribution is 6.31. The van der Waals surface area contributed by atoms with E-state index in [0.717, 1.165) is 5.57 Å². The fourth-order valence-corrected chi connectivity index (χ4v) is 8.82. The van der Waals surface area contributed by atoms with Crippen LogP contribution >= 0.6 is 0 Å². The zero-order valence-corrected chi connectivity index (χ0v) is 26.4. The van der Waals surface area contributed by atoms with Crippen molar-refractivity contribution in [1.82, 2.24) is 4.90 Å². The van der Waals surface area contributed by atoms with Crippen LogP contribution in [0.2, 0.25) is 0 Å². The summed E-state index contributed by atoms with van der Waals surface area (Å²) in [5.41, 5.74) is 1.16. The number of ether oxygens (including phenoxy) is 1. The molecule has 1 saturated carbocycles. The number of carbonyl (C=O) groups is 4. The second kappa shape index (κ2) is 10.6. The Bertz CT molecular complexity index is 1830. The van der Waals surface area contributed by atoms with Crippen molar-refractivity contribution in [1.29, 1.82) is 0 Å². The molecule has 46 heavy (non-hydrogen) atoms. The molecular weight excluding hydrogens is 578 g/mol. The summed E-state index contributed by atoms with van der Waals surface area (Å²) in [5.74, 6) is -3.58. The summed E-state index contributed by atoms with van der Waals surface area (Å²) in [6.45, 7) is 5.58. The molecular formula is C39H37NO6. The average Bonchev–Trinajstić information content (AvgIpc) is 3.32. The van der Waals surface area contributed by atoms with Crippen molar-refractivity contribution in [3.63, 3.8) is 0 Å². The molecule has 2 fully saturated rings. The summed E-state index contributed by atoms with van der Waals surface area (Å²) < 4.78 is 5.83. The summed E-state index contributed by atoms with van der Waals surface area (Å²) in [5, 5.41) is 10.4. The van der Waals surface area contributed by atoms with Gasteiger partial charge in [0, 0.05) is 34.6 Å². The molecule has 3 aliphatic carbocycles. The van der Waals surface area contributed by atoms with Crippen LogP contribution < -0.4 is 4.74 Å². The Labute approximate surface area is 268 Å². The first kappa shape index (κ1) is 29.9. The zero-order chi connectivity index (χ0) is 32.5. The number of aromatic hydroxyl groups is 1. The fourth-order valence-electron chi connectivity index (χ4n) is 8.82. The fraction of sp³-hybridized carbons (Fsp3) is 0.333. The number of hydrogen-bond donors (Lipinski definition) is 1. The minimum Gasteiger partial charge on any atom is -0.508 e. The second-order valence-electron chi connectivity index (χ2n) is 13.9. The number of phenolic OH excluding ortho intramolecular Hbond substituents is 1. The zero-order valence-electron chi connectivity index (χ0n) is 26.4. The van der Waals surface area contributed by atoms with E-state index in [9.17, 15) is 19.5 Å². The predicted molar refractivity (Wildman–Crippen MR) is 173 cm³/mol. The van der Waals surface area contributed by atoms with Gasteiger partial charge in [-0.15, -0.1) is 0 Å². The molecule has 0 spiro atoms. The van der Waals surface area contributed by atoms with Crippen LogP contribution in [0, 0.1) is 23.7 Å². The van der Waals surface area contributed by atoms with E-state index in [1.54, 1.807) is 12.1 Å². The lowest BCUT2D eigenvalue weighted by Gasteiger charge is -2.55. The predicted octanol–water partition coefficient (Wildman–Crippen LogP) is 6.02. The van der Waals surface area contributed by atoms with Gasteiger partial charge in [-0.2, -0.15) is 0 Å².